The molecule has 0 aliphatic carbocycles. The van der Waals surface area contributed by atoms with E-state index in [1.165, 1.54) is 6.07 Å². The lowest BCUT2D eigenvalue weighted by atomic mass is 10.1. The summed E-state index contributed by atoms with van der Waals surface area (Å²) in [7, 11) is 0. The normalized spacial score (nSPS) is 12.1. The lowest BCUT2D eigenvalue weighted by Crippen LogP contribution is -2.27. The van der Waals surface area contributed by atoms with Crippen molar-refractivity contribution in [1.29, 1.82) is 0 Å². The van der Waals surface area contributed by atoms with Crippen LogP contribution in [0.3, 0.4) is 0 Å². The van der Waals surface area contributed by atoms with E-state index in [0.717, 1.165) is 16.8 Å². The number of aliphatic imine (C=N–C) groups is 1. The number of carbonyl (C=O) groups excluding carboxylic acids is 1. The molecule has 27 heavy (non-hydrogen) atoms. The predicted octanol–water partition coefficient (Wildman–Crippen LogP) is 3.38. The minimum absolute atomic E-state index is 0.183. The maximum absolute atomic E-state index is 12.7. The highest BCUT2D eigenvalue weighted by Crippen LogP contribution is 2.27. The largest absolute Gasteiger partial charge is 0.320 e. The van der Waals surface area contributed by atoms with Gasteiger partial charge in [-0.3, -0.25) is 14.6 Å². The van der Waals surface area contributed by atoms with Gasteiger partial charge < -0.3 is 5.32 Å². The van der Waals surface area contributed by atoms with Gasteiger partial charge in [-0.05, 0) is 36.8 Å². The fourth-order valence-corrected chi connectivity index (χ4v) is 3.27. The molecule has 2 aromatic carbocycles. The van der Waals surface area contributed by atoms with Crippen molar-refractivity contribution in [1.82, 2.24) is 9.78 Å². The van der Waals surface area contributed by atoms with Crippen molar-refractivity contribution in [2.24, 2.45) is 4.99 Å². The molecule has 0 saturated carbocycles. The SMILES string of the molecule is Cc1cc(=O)c(C(=O)Nc2cc(Cl)c3c(c2)CN=C3)nn1-c1ccccc1. The minimum atomic E-state index is -0.584. The van der Waals surface area contributed by atoms with Crippen LogP contribution < -0.4 is 10.7 Å². The van der Waals surface area contributed by atoms with Gasteiger partial charge in [-0.1, -0.05) is 29.8 Å². The number of nitrogens with one attached hydrogen (secondary N) is 1. The molecule has 6 nitrogen and oxygen atoms in total. The fourth-order valence-electron chi connectivity index (χ4n) is 2.98. The van der Waals surface area contributed by atoms with Gasteiger partial charge in [-0.25, -0.2) is 4.68 Å². The van der Waals surface area contributed by atoms with E-state index in [9.17, 15) is 9.59 Å². The highest BCUT2D eigenvalue weighted by molar-refractivity contribution is 6.33. The molecular formula is C20H15ClN4O2. The van der Waals surface area contributed by atoms with Crippen molar-refractivity contribution >= 4 is 29.4 Å². The Hall–Kier alpha value is -3.25. The van der Waals surface area contributed by atoms with E-state index in [4.69, 9.17) is 11.6 Å². The van der Waals surface area contributed by atoms with Crippen molar-refractivity contribution in [2.45, 2.75) is 13.5 Å². The number of benzene rings is 2. The fraction of sp³-hybridized carbons (Fsp3) is 0.100. The van der Waals surface area contributed by atoms with Gasteiger partial charge in [0.2, 0.25) is 5.43 Å². The minimum Gasteiger partial charge on any atom is -0.320 e. The third-order valence-corrected chi connectivity index (χ3v) is 4.59. The van der Waals surface area contributed by atoms with E-state index in [-0.39, 0.29) is 5.69 Å². The molecule has 134 valence electrons. The Kier molecular flexibility index (Phi) is 4.33. The number of nitrogens with zero attached hydrogens (tertiary/aromatic N) is 3. The zero-order chi connectivity index (χ0) is 19.0. The first-order valence-corrected chi connectivity index (χ1v) is 8.71. The highest BCUT2D eigenvalue weighted by Gasteiger charge is 2.18. The molecular weight excluding hydrogens is 364 g/mol. The van der Waals surface area contributed by atoms with E-state index in [1.807, 2.05) is 30.3 Å². The van der Waals surface area contributed by atoms with Gasteiger partial charge in [0.15, 0.2) is 5.69 Å². The number of fused-ring (bicyclic) bond motifs is 1. The van der Waals surface area contributed by atoms with Crippen LogP contribution in [0.4, 0.5) is 5.69 Å². The Morgan fingerprint density at radius 3 is 2.74 bits per heavy atom. The molecule has 1 amide bonds. The van der Waals surface area contributed by atoms with Gasteiger partial charge in [0, 0.05) is 29.2 Å². The van der Waals surface area contributed by atoms with Crippen LogP contribution in [0.1, 0.15) is 27.3 Å². The first-order valence-electron chi connectivity index (χ1n) is 8.33. The first kappa shape index (κ1) is 17.2. The second-order valence-electron chi connectivity index (χ2n) is 6.20. The number of anilines is 1. The van der Waals surface area contributed by atoms with Crippen molar-refractivity contribution in [3.63, 3.8) is 0 Å². The Labute approximate surface area is 160 Å². The lowest BCUT2D eigenvalue weighted by molar-refractivity contribution is 0.101. The standard InChI is InChI=1S/C20H15ClN4O2/c1-12-7-18(26)19(24-25(12)15-5-3-2-4-6-15)20(27)23-14-8-13-10-22-11-16(13)17(21)9-14/h2-9,11H,10H2,1H3,(H,23,27). The van der Waals surface area contributed by atoms with Crippen LogP contribution in [0.15, 0.2) is 58.3 Å². The van der Waals surface area contributed by atoms with Crippen LogP contribution in [-0.2, 0) is 6.54 Å². The molecule has 0 unspecified atom stereocenters. The number of para-hydroxylation sites is 1. The van der Waals surface area contributed by atoms with E-state index in [2.05, 4.69) is 15.4 Å². The summed E-state index contributed by atoms with van der Waals surface area (Å²) in [5.74, 6) is -0.584. The van der Waals surface area contributed by atoms with E-state index in [1.54, 1.807) is 30.0 Å². The van der Waals surface area contributed by atoms with Crippen molar-refractivity contribution in [3.8, 4) is 5.69 Å². The second-order valence-corrected chi connectivity index (χ2v) is 6.61. The average Bonchev–Trinajstić information content (AvgIpc) is 3.11. The van der Waals surface area contributed by atoms with E-state index < -0.39 is 11.3 Å². The summed E-state index contributed by atoms with van der Waals surface area (Å²) in [5, 5.41) is 7.48. The van der Waals surface area contributed by atoms with Crippen LogP contribution in [0.25, 0.3) is 5.69 Å². The smallest absolute Gasteiger partial charge is 0.280 e. The molecule has 1 aliphatic rings. The molecule has 1 aromatic heterocycles. The molecule has 4 rings (SSSR count). The zero-order valence-corrected chi connectivity index (χ0v) is 15.2. The van der Waals surface area contributed by atoms with Gasteiger partial charge in [0.05, 0.1) is 17.3 Å². The molecule has 0 saturated heterocycles. The van der Waals surface area contributed by atoms with E-state index >= 15 is 0 Å². The van der Waals surface area contributed by atoms with Crippen molar-refractivity contribution in [3.05, 3.63) is 86.3 Å². The molecule has 1 N–H and O–H groups in total. The Balaban J connectivity index is 1.69. The summed E-state index contributed by atoms with van der Waals surface area (Å²) in [4.78, 5) is 29.2. The number of hydrogen-bond acceptors (Lipinski definition) is 4. The number of aryl methyl sites for hydroxylation is 1. The molecule has 0 radical (unpaired) electrons. The maximum atomic E-state index is 12.7. The lowest BCUT2D eigenvalue weighted by Gasteiger charge is -2.12. The molecule has 0 spiro atoms. The Morgan fingerprint density at radius 1 is 1.19 bits per heavy atom. The number of amides is 1. The van der Waals surface area contributed by atoms with Crippen LogP contribution in [0, 0.1) is 6.92 Å². The quantitative estimate of drug-likeness (QED) is 0.759. The number of hydrogen-bond donors (Lipinski definition) is 1. The number of aromatic nitrogens is 2. The third kappa shape index (κ3) is 3.27. The molecule has 0 atom stereocenters. The summed E-state index contributed by atoms with van der Waals surface area (Å²) in [5.41, 5.74) is 3.07. The van der Waals surface area contributed by atoms with Gasteiger partial charge >= 0.3 is 0 Å². The van der Waals surface area contributed by atoms with Gasteiger partial charge in [0.25, 0.3) is 5.91 Å². The summed E-state index contributed by atoms with van der Waals surface area (Å²) < 4.78 is 1.57. The van der Waals surface area contributed by atoms with Crippen LogP contribution in [0.2, 0.25) is 5.02 Å². The van der Waals surface area contributed by atoms with Gasteiger partial charge in [-0.2, -0.15) is 5.10 Å². The number of carbonyl (C=O) groups is 1. The monoisotopic (exact) mass is 378 g/mol. The molecule has 0 fully saturated rings. The van der Waals surface area contributed by atoms with Crippen molar-refractivity contribution in [2.75, 3.05) is 5.32 Å². The van der Waals surface area contributed by atoms with Gasteiger partial charge in [0.1, 0.15) is 0 Å². The molecule has 2 heterocycles. The summed E-state index contributed by atoms with van der Waals surface area (Å²) in [6, 6.07) is 14.2. The maximum Gasteiger partial charge on any atom is 0.280 e. The second kappa shape index (κ2) is 6.81. The molecule has 1 aliphatic heterocycles. The first-order chi connectivity index (χ1) is 13.0. The third-order valence-electron chi connectivity index (χ3n) is 4.28. The zero-order valence-electron chi connectivity index (χ0n) is 14.4. The number of rotatable bonds is 3. The average molecular weight is 379 g/mol. The summed E-state index contributed by atoms with van der Waals surface area (Å²) in [6.07, 6.45) is 1.71. The van der Waals surface area contributed by atoms with Crippen LogP contribution in [-0.4, -0.2) is 21.9 Å². The summed E-state index contributed by atoms with van der Waals surface area (Å²) in [6.45, 7) is 2.28. The Bertz CT molecular complexity index is 1140. The van der Waals surface area contributed by atoms with Crippen LogP contribution >= 0.6 is 11.6 Å². The predicted molar refractivity (Wildman–Crippen MR) is 105 cm³/mol. The van der Waals surface area contributed by atoms with Gasteiger partial charge in [-0.15, -0.1) is 0 Å². The van der Waals surface area contributed by atoms with Crippen LogP contribution in [0.5, 0.6) is 0 Å². The van der Waals surface area contributed by atoms with E-state index in [0.29, 0.717) is 22.9 Å². The molecule has 3 aromatic rings. The van der Waals surface area contributed by atoms with Crippen molar-refractivity contribution < 1.29 is 4.79 Å². The molecule has 0 bridgehead atoms. The Morgan fingerprint density at radius 2 is 1.96 bits per heavy atom. The topological polar surface area (TPSA) is 76.3 Å². The summed E-state index contributed by atoms with van der Waals surface area (Å²) >= 11 is 6.24. The molecule has 7 heteroatoms. The highest BCUT2D eigenvalue weighted by atomic mass is 35.5. The number of halogens is 1.